The Kier molecular flexibility index (Phi) is 10.5. The van der Waals surface area contributed by atoms with Gasteiger partial charge in [0.2, 0.25) is 0 Å². The molecule has 1 heterocycles. The number of thiazole rings is 1. The van der Waals surface area contributed by atoms with Crippen molar-refractivity contribution < 1.29 is 13.5 Å². The molecule has 150 valence electrons. The predicted molar refractivity (Wildman–Crippen MR) is 116 cm³/mol. The van der Waals surface area contributed by atoms with E-state index in [0.717, 1.165) is 28.8 Å². The Labute approximate surface area is 179 Å². The predicted octanol–water partition coefficient (Wildman–Crippen LogP) is 4.31. The maximum atomic E-state index is 12.3. The van der Waals surface area contributed by atoms with E-state index < -0.39 is 13.0 Å². The molecule has 27 heavy (non-hydrogen) atoms. The van der Waals surface area contributed by atoms with E-state index in [9.17, 15) is 8.78 Å². The van der Waals surface area contributed by atoms with E-state index in [-0.39, 0.29) is 24.0 Å². The minimum atomic E-state index is -2.49. The van der Waals surface area contributed by atoms with E-state index in [1.165, 1.54) is 0 Å². The molecule has 1 aromatic heterocycles. The van der Waals surface area contributed by atoms with E-state index in [2.05, 4.69) is 15.3 Å². The van der Waals surface area contributed by atoms with Crippen molar-refractivity contribution in [2.45, 2.75) is 33.4 Å². The molecular weight excluding hydrogens is 485 g/mol. The first-order chi connectivity index (χ1) is 12.5. The number of hydrogen-bond acceptors (Lipinski definition) is 4. The van der Waals surface area contributed by atoms with Gasteiger partial charge >= 0.3 is 0 Å². The zero-order valence-electron chi connectivity index (χ0n) is 15.6. The SMILES string of the molecule is CCNC(=NCc1cccc(OCC(F)F)c1)N(C)Cc1csc(C)n1.I. The molecule has 0 aliphatic rings. The largest absolute Gasteiger partial charge is 0.488 e. The summed E-state index contributed by atoms with van der Waals surface area (Å²) in [5.41, 5.74) is 1.90. The fraction of sp³-hybridized carbons (Fsp3) is 0.444. The number of benzene rings is 1. The van der Waals surface area contributed by atoms with Gasteiger partial charge in [-0.2, -0.15) is 0 Å². The Balaban J connectivity index is 0.00000364. The number of aliphatic imine (C=N–C) groups is 1. The van der Waals surface area contributed by atoms with Crippen LogP contribution in [0.2, 0.25) is 0 Å². The monoisotopic (exact) mass is 510 g/mol. The summed E-state index contributed by atoms with van der Waals surface area (Å²) in [6.07, 6.45) is -2.49. The van der Waals surface area contributed by atoms with Crippen LogP contribution in [0.25, 0.3) is 0 Å². The molecule has 0 saturated carbocycles. The molecule has 0 bridgehead atoms. The molecule has 0 atom stereocenters. The molecular formula is C18H25F2IN4OS. The Bertz CT molecular complexity index is 727. The number of alkyl halides is 2. The maximum absolute atomic E-state index is 12.3. The van der Waals surface area contributed by atoms with Crippen molar-refractivity contribution >= 4 is 41.3 Å². The lowest BCUT2D eigenvalue weighted by Crippen LogP contribution is -2.38. The number of rotatable bonds is 8. The first kappa shape index (κ1) is 23.5. The lowest BCUT2D eigenvalue weighted by molar-refractivity contribution is 0.0818. The number of halogens is 3. The summed E-state index contributed by atoms with van der Waals surface area (Å²) >= 11 is 1.62. The van der Waals surface area contributed by atoms with Crippen LogP contribution in [0.4, 0.5) is 8.78 Å². The average molecular weight is 510 g/mol. The molecule has 0 aliphatic carbocycles. The molecule has 0 aliphatic heterocycles. The molecule has 1 N–H and O–H groups in total. The standard InChI is InChI=1S/C18H24F2N4OS.HI/c1-4-21-18(24(3)10-15-12-26-13(2)23-15)22-9-14-6-5-7-16(8-14)25-11-17(19)20;/h5-8,12,17H,4,9-11H2,1-3H3,(H,21,22);1H. The Morgan fingerprint density at radius 1 is 1.41 bits per heavy atom. The van der Waals surface area contributed by atoms with Gasteiger partial charge in [0.15, 0.2) is 5.96 Å². The van der Waals surface area contributed by atoms with Crippen molar-refractivity contribution in [3.05, 3.63) is 45.9 Å². The van der Waals surface area contributed by atoms with Gasteiger partial charge in [0.05, 0.1) is 23.8 Å². The van der Waals surface area contributed by atoms with E-state index in [1.807, 2.05) is 37.2 Å². The lowest BCUT2D eigenvalue weighted by Gasteiger charge is -2.21. The molecule has 0 saturated heterocycles. The number of guanidine groups is 1. The topological polar surface area (TPSA) is 49.8 Å². The summed E-state index contributed by atoms with van der Waals surface area (Å²) in [4.78, 5) is 11.1. The highest BCUT2D eigenvalue weighted by molar-refractivity contribution is 14.0. The quantitative estimate of drug-likeness (QED) is 0.327. The third-order valence-electron chi connectivity index (χ3n) is 3.45. The third-order valence-corrected chi connectivity index (χ3v) is 4.27. The van der Waals surface area contributed by atoms with Crippen LogP contribution in [0, 0.1) is 6.92 Å². The van der Waals surface area contributed by atoms with Gasteiger partial charge in [-0.25, -0.2) is 18.8 Å². The second kappa shape index (κ2) is 12.1. The van der Waals surface area contributed by atoms with Gasteiger partial charge < -0.3 is 15.0 Å². The fourth-order valence-electron chi connectivity index (χ4n) is 2.33. The second-order valence-corrected chi connectivity index (χ2v) is 6.80. The van der Waals surface area contributed by atoms with Crippen LogP contribution in [-0.4, -0.2) is 42.5 Å². The van der Waals surface area contributed by atoms with Crippen LogP contribution in [0.15, 0.2) is 34.6 Å². The summed E-state index contributed by atoms with van der Waals surface area (Å²) in [6, 6.07) is 7.07. The third kappa shape index (κ3) is 8.37. The zero-order chi connectivity index (χ0) is 18.9. The average Bonchev–Trinajstić information content (AvgIpc) is 3.01. The highest BCUT2D eigenvalue weighted by atomic mass is 127. The summed E-state index contributed by atoms with van der Waals surface area (Å²) in [7, 11) is 1.96. The highest BCUT2D eigenvalue weighted by Crippen LogP contribution is 2.15. The molecule has 0 amide bonds. The van der Waals surface area contributed by atoms with Crippen molar-refractivity contribution in [2.75, 3.05) is 20.2 Å². The molecule has 9 heteroatoms. The van der Waals surface area contributed by atoms with Crippen LogP contribution >= 0.6 is 35.3 Å². The molecule has 1 aromatic carbocycles. The second-order valence-electron chi connectivity index (χ2n) is 5.73. The Morgan fingerprint density at radius 2 is 2.19 bits per heavy atom. The van der Waals surface area contributed by atoms with Crippen molar-refractivity contribution in [2.24, 2.45) is 4.99 Å². The van der Waals surface area contributed by atoms with Crippen molar-refractivity contribution in [1.29, 1.82) is 0 Å². The summed E-state index contributed by atoms with van der Waals surface area (Å²) < 4.78 is 29.6. The van der Waals surface area contributed by atoms with Crippen molar-refractivity contribution in [3.8, 4) is 5.75 Å². The number of hydrogen-bond donors (Lipinski definition) is 1. The maximum Gasteiger partial charge on any atom is 0.272 e. The van der Waals surface area contributed by atoms with Crippen molar-refractivity contribution in [3.63, 3.8) is 0 Å². The van der Waals surface area contributed by atoms with Gasteiger partial charge in [-0.1, -0.05) is 12.1 Å². The van der Waals surface area contributed by atoms with Gasteiger partial charge in [-0.3, -0.25) is 0 Å². The Morgan fingerprint density at radius 3 is 2.81 bits per heavy atom. The normalized spacial score (nSPS) is 11.3. The first-order valence-electron chi connectivity index (χ1n) is 8.38. The van der Waals surface area contributed by atoms with Crippen LogP contribution in [-0.2, 0) is 13.1 Å². The number of nitrogens with zero attached hydrogens (tertiary/aromatic N) is 3. The van der Waals surface area contributed by atoms with Crippen LogP contribution in [0.5, 0.6) is 5.75 Å². The van der Waals surface area contributed by atoms with E-state index in [0.29, 0.717) is 18.8 Å². The molecule has 5 nitrogen and oxygen atoms in total. The summed E-state index contributed by atoms with van der Waals surface area (Å²) in [5, 5.41) is 6.33. The highest BCUT2D eigenvalue weighted by Gasteiger charge is 2.09. The van der Waals surface area contributed by atoms with Crippen LogP contribution in [0.1, 0.15) is 23.2 Å². The number of aryl methyl sites for hydroxylation is 1. The number of nitrogens with one attached hydrogen (secondary N) is 1. The molecule has 0 unspecified atom stereocenters. The molecule has 0 fully saturated rings. The van der Waals surface area contributed by atoms with Gasteiger partial charge in [0, 0.05) is 19.0 Å². The number of ether oxygens (including phenoxy) is 1. The molecule has 0 spiro atoms. The summed E-state index contributed by atoms with van der Waals surface area (Å²) in [5.74, 6) is 1.19. The van der Waals surface area contributed by atoms with Gasteiger partial charge in [-0.05, 0) is 31.5 Å². The summed E-state index contributed by atoms with van der Waals surface area (Å²) in [6.45, 7) is 5.22. The minimum absolute atomic E-state index is 0. The van der Waals surface area contributed by atoms with Crippen LogP contribution < -0.4 is 10.1 Å². The van der Waals surface area contributed by atoms with Gasteiger partial charge in [-0.15, -0.1) is 35.3 Å². The Hall–Kier alpha value is -1.49. The van der Waals surface area contributed by atoms with Gasteiger partial charge in [0.1, 0.15) is 12.4 Å². The first-order valence-corrected chi connectivity index (χ1v) is 9.26. The van der Waals surface area contributed by atoms with Crippen LogP contribution in [0.3, 0.4) is 0 Å². The molecule has 0 radical (unpaired) electrons. The van der Waals surface area contributed by atoms with E-state index >= 15 is 0 Å². The molecule has 2 rings (SSSR count). The van der Waals surface area contributed by atoms with E-state index in [1.54, 1.807) is 29.5 Å². The van der Waals surface area contributed by atoms with Gasteiger partial charge in [0.25, 0.3) is 6.43 Å². The number of aromatic nitrogens is 1. The smallest absolute Gasteiger partial charge is 0.272 e. The fourth-order valence-corrected chi connectivity index (χ4v) is 2.93. The minimum Gasteiger partial charge on any atom is -0.488 e. The lowest BCUT2D eigenvalue weighted by atomic mass is 10.2. The van der Waals surface area contributed by atoms with Crippen molar-refractivity contribution in [1.82, 2.24) is 15.2 Å². The van der Waals surface area contributed by atoms with E-state index in [4.69, 9.17) is 4.74 Å². The zero-order valence-corrected chi connectivity index (χ0v) is 18.8. The molecule has 2 aromatic rings.